The highest BCUT2D eigenvalue weighted by Crippen LogP contribution is 2.29. The zero-order valence-electron chi connectivity index (χ0n) is 14.0. The summed E-state index contributed by atoms with van der Waals surface area (Å²) in [7, 11) is 1.93. The molecule has 1 saturated carbocycles. The summed E-state index contributed by atoms with van der Waals surface area (Å²) < 4.78 is 5.73. The van der Waals surface area contributed by atoms with Gasteiger partial charge < -0.3 is 9.32 Å². The van der Waals surface area contributed by atoms with Crippen molar-refractivity contribution in [3.05, 3.63) is 29.0 Å². The number of likely N-dealkylation sites (N-methyl/N-ethyl adjacent to an activating group) is 1. The van der Waals surface area contributed by atoms with Crippen LogP contribution in [0.1, 0.15) is 44.1 Å². The van der Waals surface area contributed by atoms with Gasteiger partial charge in [-0.3, -0.25) is 4.79 Å². The lowest BCUT2D eigenvalue weighted by molar-refractivity contribution is -0.132. The largest absolute Gasteiger partial charge is 0.440 e. The summed E-state index contributed by atoms with van der Waals surface area (Å²) in [5.74, 6) is 2.08. The number of carbonyl (C=O) groups is 1. The van der Waals surface area contributed by atoms with Gasteiger partial charge in [-0.25, -0.2) is 4.98 Å². The molecule has 0 saturated heterocycles. The molecule has 1 amide bonds. The predicted octanol–water partition coefficient (Wildman–Crippen LogP) is 4.29. The zero-order chi connectivity index (χ0) is 16.4. The fourth-order valence-corrected chi connectivity index (χ4v) is 4.07. The second-order valence-electron chi connectivity index (χ2n) is 6.51. The molecule has 0 radical (unpaired) electrons. The van der Waals surface area contributed by atoms with E-state index in [2.05, 4.69) is 11.9 Å². The monoisotopic (exact) mass is 332 g/mol. The number of aromatic nitrogens is 1. The van der Waals surface area contributed by atoms with Gasteiger partial charge >= 0.3 is 0 Å². The van der Waals surface area contributed by atoms with Crippen molar-refractivity contribution in [2.45, 2.75) is 52.0 Å². The normalized spacial score (nSPS) is 21.3. The molecular formula is C18H24N2O2S. The number of thiophene rings is 1. The van der Waals surface area contributed by atoms with Crippen molar-refractivity contribution in [3.63, 3.8) is 0 Å². The lowest BCUT2D eigenvalue weighted by Gasteiger charge is -2.36. The molecule has 2 unspecified atom stereocenters. The Kier molecular flexibility index (Phi) is 4.85. The maximum Gasteiger partial charge on any atom is 0.236 e. The molecule has 2 atom stereocenters. The van der Waals surface area contributed by atoms with Crippen LogP contribution in [0.3, 0.4) is 0 Å². The minimum absolute atomic E-state index is 0.137. The van der Waals surface area contributed by atoms with Crippen LogP contribution < -0.4 is 0 Å². The number of oxazole rings is 1. The first kappa shape index (κ1) is 16.2. The van der Waals surface area contributed by atoms with Crippen LogP contribution in [0.15, 0.2) is 21.9 Å². The SMILES string of the molecule is Cc1oc(-c2cccs2)nc1CC(=O)N(C)C1CCCCC1C. The smallest absolute Gasteiger partial charge is 0.236 e. The first-order valence-electron chi connectivity index (χ1n) is 8.32. The van der Waals surface area contributed by atoms with Crippen molar-refractivity contribution in [2.24, 2.45) is 5.92 Å². The summed E-state index contributed by atoms with van der Waals surface area (Å²) in [6.07, 6.45) is 5.15. The van der Waals surface area contributed by atoms with Gasteiger partial charge in [-0.2, -0.15) is 0 Å². The van der Waals surface area contributed by atoms with Crippen LogP contribution in [0.25, 0.3) is 10.8 Å². The van der Waals surface area contributed by atoms with E-state index in [9.17, 15) is 4.79 Å². The number of nitrogens with zero attached hydrogens (tertiary/aromatic N) is 2. The Bertz CT molecular complexity index is 663. The lowest BCUT2D eigenvalue weighted by atomic mass is 9.85. The maximum atomic E-state index is 12.7. The summed E-state index contributed by atoms with van der Waals surface area (Å²) in [5, 5.41) is 2.00. The molecule has 2 aromatic heterocycles. The Balaban J connectivity index is 1.70. The Morgan fingerprint density at radius 3 is 2.91 bits per heavy atom. The minimum Gasteiger partial charge on any atom is -0.440 e. The second kappa shape index (κ2) is 6.87. The van der Waals surface area contributed by atoms with Crippen LogP contribution >= 0.6 is 11.3 Å². The molecule has 3 rings (SSSR count). The minimum atomic E-state index is 0.137. The standard InChI is InChI=1S/C18H24N2O2S/c1-12-7-4-5-8-15(12)20(3)17(21)11-14-13(2)22-18(19-14)16-9-6-10-23-16/h6,9-10,12,15H,4-5,7-8,11H2,1-3H3. The number of aryl methyl sites for hydroxylation is 1. The Labute approximate surface area is 141 Å². The van der Waals surface area contributed by atoms with Crippen LogP contribution in [0, 0.1) is 12.8 Å². The lowest BCUT2D eigenvalue weighted by Crippen LogP contribution is -2.43. The van der Waals surface area contributed by atoms with Gasteiger partial charge in [-0.05, 0) is 37.1 Å². The third kappa shape index (κ3) is 3.50. The average Bonchev–Trinajstić information content (AvgIpc) is 3.17. The Morgan fingerprint density at radius 2 is 2.22 bits per heavy atom. The van der Waals surface area contributed by atoms with Gasteiger partial charge in [0.1, 0.15) is 5.76 Å². The Morgan fingerprint density at radius 1 is 1.43 bits per heavy atom. The fraction of sp³-hybridized carbons (Fsp3) is 0.556. The van der Waals surface area contributed by atoms with Gasteiger partial charge in [-0.1, -0.05) is 25.8 Å². The van der Waals surface area contributed by atoms with E-state index in [0.29, 0.717) is 24.3 Å². The highest BCUT2D eigenvalue weighted by atomic mass is 32.1. The van der Waals surface area contributed by atoms with E-state index < -0.39 is 0 Å². The van der Waals surface area contributed by atoms with Crippen LogP contribution in [-0.4, -0.2) is 28.9 Å². The first-order valence-corrected chi connectivity index (χ1v) is 9.20. The number of hydrogen-bond donors (Lipinski definition) is 0. The number of rotatable bonds is 4. The molecule has 0 N–H and O–H groups in total. The van der Waals surface area contributed by atoms with Crippen molar-refractivity contribution in [1.82, 2.24) is 9.88 Å². The van der Waals surface area contributed by atoms with Crippen molar-refractivity contribution >= 4 is 17.2 Å². The molecule has 0 spiro atoms. The summed E-state index contributed by atoms with van der Waals surface area (Å²) in [5.41, 5.74) is 0.758. The molecule has 0 bridgehead atoms. The predicted molar refractivity (Wildman–Crippen MR) is 92.4 cm³/mol. The van der Waals surface area contributed by atoms with E-state index in [0.717, 1.165) is 22.8 Å². The second-order valence-corrected chi connectivity index (χ2v) is 7.46. The molecule has 1 aliphatic carbocycles. The molecular weight excluding hydrogens is 308 g/mol. The highest BCUT2D eigenvalue weighted by molar-refractivity contribution is 7.13. The maximum absolute atomic E-state index is 12.7. The summed E-state index contributed by atoms with van der Waals surface area (Å²) in [6.45, 7) is 4.14. The molecule has 124 valence electrons. The molecule has 4 nitrogen and oxygen atoms in total. The number of hydrogen-bond acceptors (Lipinski definition) is 4. The van der Waals surface area contributed by atoms with Gasteiger partial charge in [0, 0.05) is 13.1 Å². The molecule has 5 heteroatoms. The third-order valence-corrected chi connectivity index (χ3v) is 5.76. The molecule has 0 aliphatic heterocycles. The van der Waals surface area contributed by atoms with E-state index in [1.807, 2.05) is 36.4 Å². The van der Waals surface area contributed by atoms with Gasteiger partial charge in [0.25, 0.3) is 0 Å². The summed E-state index contributed by atoms with van der Waals surface area (Å²) >= 11 is 1.59. The molecule has 0 aromatic carbocycles. The number of amides is 1. The van der Waals surface area contributed by atoms with Gasteiger partial charge in [-0.15, -0.1) is 11.3 Å². The number of carbonyl (C=O) groups excluding carboxylic acids is 1. The van der Waals surface area contributed by atoms with Crippen LogP contribution in [0.5, 0.6) is 0 Å². The highest BCUT2D eigenvalue weighted by Gasteiger charge is 2.28. The van der Waals surface area contributed by atoms with E-state index in [1.165, 1.54) is 19.3 Å². The van der Waals surface area contributed by atoms with E-state index in [1.54, 1.807) is 11.3 Å². The summed E-state index contributed by atoms with van der Waals surface area (Å²) in [6, 6.07) is 4.32. The molecule has 2 aromatic rings. The van der Waals surface area contributed by atoms with Crippen molar-refractivity contribution in [3.8, 4) is 10.8 Å². The quantitative estimate of drug-likeness (QED) is 0.839. The zero-order valence-corrected chi connectivity index (χ0v) is 14.9. The van der Waals surface area contributed by atoms with Crippen LogP contribution in [-0.2, 0) is 11.2 Å². The van der Waals surface area contributed by atoms with E-state index >= 15 is 0 Å². The molecule has 1 aliphatic rings. The van der Waals surface area contributed by atoms with Crippen molar-refractivity contribution < 1.29 is 9.21 Å². The van der Waals surface area contributed by atoms with E-state index in [4.69, 9.17) is 4.42 Å². The fourth-order valence-electron chi connectivity index (χ4n) is 3.42. The topological polar surface area (TPSA) is 46.3 Å². The van der Waals surface area contributed by atoms with Crippen LogP contribution in [0.4, 0.5) is 0 Å². The van der Waals surface area contributed by atoms with Gasteiger partial charge in [0.15, 0.2) is 0 Å². The first-order chi connectivity index (χ1) is 11.1. The van der Waals surface area contributed by atoms with Crippen molar-refractivity contribution in [1.29, 1.82) is 0 Å². The average molecular weight is 332 g/mol. The van der Waals surface area contributed by atoms with Crippen molar-refractivity contribution in [2.75, 3.05) is 7.05 Å². The Hall–Kier alpha value is -1.62. The molecule has 2 heterocycles. The van der Waals surface area contributed by atoms with Gasteiger partial charge in [0.05, 0.1) is 17.0 Å². The third-order valence-electron chi connectivity index (χ3n) is 4.90. The van der Waals surface area contributed by atoms with Crippen LogP contribution in [0.2, 0.25) is 0 Å². The van der Waals surface area contributed by atoms with Gasteiger partial charge in [0.2, 0.25) is 11.8 Å². The molecule has 23 heavy (non-hydrogen) atoms. The molecule has 1 fully saturated rings. The van der Waals surface area contributed by atoms with E-state index in [-0.39, 0.29) is 5.91 Å². The summed E-state index contributed by atoms with van der Waals surface area (Å²) in [4.78, 5) is 20.1.